The van der Waals surface area contributed by atoms with E-state index < -0.39 is 0 Å². The van der Waals surface area contributed by atoms with Crippen molar-refractivity contribution in [3.63, 3.8) is 0 Å². The third-order valence-corrected chi connectivity index (χ3v) is 4.36. The normalized spacial score (nSPS) is 26.9. The molecule has 0 saturated carbocycles. The Kier molecular flexibility index (Phi) is 2.77. The van der Waals surface area contributed by atoms with Crippen LogP contribution in [0.5, 0.6) is 0 Å². The highest BCUT2D eigenvalue weighted by atomic mass is 15.2. The van der Waals surface area contributed by atoms with Crippen LogP contribution < -0.4 is 0 Å². The molecular formula is C17H21N. The third-order valence-electron chi connectivity index (χ3n) is 4.36. The summed E-state index contributed by atoms with van der Waals surface area (Å²) in [5, 5.41) is 0. The number of fused-ring (bicyclic) bond motifs is 1. The standard InChI is InChI=1S/C17H21N/c1-12-9-10-17-16(11-12)13(2)14(3)18(17)15-7-5-4-6-8-15/h4-5,7,9,11,17H,6,8,10H2,1-3H3. The van der Waals surface area contributed by atoms with E-state index in [0.717, 1.165) is 6.42 Å². The Hall–Kier alpha value is -1.50. The first kappa shape index (κ1) is 11.6. The largest absolute Gasteiger partial charge is 0.341 e. The fourth-order valence-electron chi connectivity index (χ4n) is 3.26. The van der Waals surface area contributed by atoms with Gasteiger partial charge in [-0.3, -0.25) is 0 Å². The van der Waals surface area contributed by atoms with Gasteiger partial charge < -0.3 is 4.90 Å². The maximum atomic E-state index is 2.56. The van der Waals surface area contributed by atoms with E-state index in [9.17, 15) is 0 Å². The second-order valence-electron chi connectivity index (χ2n) is 5.50. The Morgan fingerprint density at radius 1 is 1.22 bits per heavy atom. The molecule has 0 aromatic carbocycles. The van der Waals surface area contributed by atoms with E-state index in [1.54, 1.807) is 0 Å². The molecule has 0 amide bonds. The Morgan fingerprint density at radius 3 is 2.78 bits per heavy atom. The minimum atomic E-state index is 0.548. The first-order valence-electron chi connectivity index (χ1n) is 6.89. The van der Waals surface area contributed by atoms with Crippen LogP contribution in [-0.2, 0) is 0 Å². The SMILES string of the molecule is CC1=CCC2C(=C1)C(C)=C(C)N2C1=CC=CCC1. The van der Waals surface area contributed by atoms with E-state index in [0.29, 0.717) is 6.04 Å². The molecule has 1 unspecified atom stereocenters. The lowest BCUT2D eigenvalue weighted by molar-refractivity contribution is 0.360. The van der Waals surface area contributed by atoms with Crippen molar-refractivity contribution in [1.82, 2.24) is 4.90 Å². The molecule has 3 rings (SSSR count). The van der Waals surface area contributed by atoms with Crippen LogP contribution in [0.2, 0.25) is 0 Å². The fourth-order valence-corrected chi connectivity index (χ4v) is 3.26. The highest BCUT2D eigenvalue weighted by Crippen LogP contribution is 2.41. The van der Waals surface area contributed by atoms with E-state index in [4.69, 9.17) is 0 Å². The summed E-state index contributed by atoms with van der Waals surface area (Å²) in [5.74, 6) is 0. The van der Waals surface area contributed by atoms with Crippen LogP contribution >= 0.6 is 0 Å². The van der Waals surface area contributed by atoms with Gasteiger partial charge in [0.15, 0.2) is 0 Å². The van der Waals surface area contributed by atoms with Crippen LogP contribution in [0.1, 0.15) is 40.0 Å². The lowest BCUT2D eigenvalue weighted by Crippen LogP contribution is -2.30. The number of hydrogen-bond acceptors (Lipinski definition) is 1. The van der Waals surface area contributed by atoms with E-state index in [1.807, 2.05) is 0 Å². The van der Waals surface area contributed by atoms with Crippen molar-refractivity contribution >= 4 is 0 Å². The molecule has 1 atom stereocenters. The van der Waals surface area contributed by atoms with Gasteiger partial charge in [-0.15, -0.1) is 0 Å². The Labute approximate surface area is 110 Å². The molecule has 1 heteroatoms. The zero-order valence-electron chi connectivity index (χ0n) is 11.5. The molecule has 0 aromatic heterocycles. The van der Waals surface area contributed by atoms with E-state index in [1.165, 1.54) is 41.0 Å². The monoisotopic (exact) mass is 239 g/mol. The van der Waals surface area contributed by atoms with Crippen LogP contribution in [0.4, 0.5) is 0 Å². The molecular weight excluding hydrogens is 218 g/mol. The zero-order valence-corrected chi connectivity index (χ0v) is 11.5. The molecule has 18 heavy (non-hydrogen) atoms. The van der Waals surface area contributed by atoms with Gasteiger partial charge in [0.2, 0.25) is 0 Å². The third kappa shape index (κ3) is 1.69. The Morgan fingerprint density at radius 2 is 2.06 bits per heavy atom. The van der Waals surface area contributed by atoms with E-state index >= 15 is 0 Å². The highest BCUT2D eigenvalue weighted by Gasteiger charge is 2.34. The first-order valence-corrected chi connectivity index (χ1v) is 6.89. The van der Waals surface area contributed by atoms with Crippen LogP contribution in [0, 0.1) is 0 Å². The van der Waals surface area contributed by atoms with Gasteiger partial charge >= 0.3 is 0 Å². The summed E-state index contributed by atoms with van der Waals surface area (Å²) < 4.78 is 0. The molecule has 0 fully saturated rings. The Balaban J connectivity index is 2.01. The molecule has 1 aliphatic heterocycles. The summed E-state index contributed by atoms with van der Waals surface area (Å²) in [6.45, 7) is 6.74. The average molecular weight is 239 g/mol. The molecule has 0 N–H and O–H groups in total. The summed E-state index contributed by atoms with van der Waals surface area (Å²) in [7, 11) is 0. The number of allylic oxidation sites excluding steroid dienone is 7. The molecule has 0 aromatic rings. The zero-order chi connectivity index (χ0) is 12.7. The number of nitrogens with zero attached hydrogens (tertiary/aromatic N) is 1. The summed E-state index contributed by atoms with van der Waals surface area (Å²) in [6.07, 6.45) is 15.0. The minimum Gasteiger partial charge on any atom is -0.341 e. The summed E-state index contributed by atoms with van der Waals surface area (Å²) in [6, 6.07) is 0.548. The number of rotatable bonds is 1. The summed E-state index contributed by atoms with van der Waals surface area (Å²) in [4.78, 5) is 2.56. The van der Waals surface area contributed by atoms with Gasteiger partial charge in [-0.2, -0.15) is 0 Å². The minimum absolute atomic E-state index is 0.548. The van der Waals surface area contributed by atoms with E-state index in [2.05, 4.69) is 56.1 Å². The van der Waals surface area contributed by atoms with Gasteiger partial charge in [0, 0.05) is 11.4 Å². The maximum Gasteiger partial charge on any atom is 0.0623 e. The van der Waals surface area contributed by atoms with Crippen molar-refractivity contribution in [3.05, 3.63) is 58.5 Å². The second kappa shape index (κ2) is 4.31. The van der Waals surface area contributed by atoms with Crippen LogP contribution in [-0.4, -0.2) is 10.9 Å². The molecule has 3 aliphatic rings. The quantitative estimate of drug-likeness (QED) is 0.652. The predicted molar refractivity (Wildman–Crippen MR) is 76.9 cm³/mol. The van der Waals surface area contributed by atoms with Crippen molar-refractivity contribution in [2.75, 3.05) is 0 Å². The predicted octanol–water partition coefficient (Wildman–Crippen LogP) is 4.47. The van der Waals surface area contributed by atoms with Crippen molar-refractivity contribution in [2.45, 2.75) is 46.1 Å². The molecule has 0 radical (unpaired) electrons. The molecule has 94 valence electrons. The van der Waals surface area contributed by atoms with Gasteiger partial charge in [0.1, 0.15) is 0 Å². The molecule has 2 aliphatic carbocycles. The van der Waals surface area contributed by atoms with Crippen molar-refractivity contribution in [1.29, 1.82) is 0 Å². The molecule has 0 saturated heterocycles. The topological polar surface area (TPSA) is 3.24 Å². The molecule has 0 bridgehead atoms. The fraction of sp³-hybridized carbons (Fsp3) is 0.412. The van der Waals surface area contributed by atoms with Gasteiger partial charge in [0.25, 0.3) is 0 Å². The molecule has 0 spiro atoms. The highest BCUT2D eigenvalue weighted by molar-refractivity contribution is 5.51. The van der Waals surface area contributed by atoms with Crippen LogP contribution in [0.25, 0.3) is 0 Å². The smallest absolute Gasteiger partial charge is 0.0623 e. The maximum absolute atomic E-state index is 2.56. The van der Waals surface area contributed by atoms with Gasteiger partial charge in [-0.1, -0.05) is 29.9 Å². The van der Waals surface area contributed by atoms with Crippen LogP contribution in [0.15, 0.2) is 58.5 Å². The first-order chi connectivity index (χ1) is 8.68. The average Bonchev–Trinajstić information content (AvgIpc) is 2.64. The Bertz CT molecular complexity index is 526. The summed E-state index contributed by atoms with van der Waals surface area (Å²) >= 11 is 0. The summed E-state index contributed by atoms with van der Waals surface area (Å²) in [5.41, 5.74) is 7.34. The van der Waals surface area contributed by atoms with Crippen LogP contribution in [0.3, 0.4) is 0 Å². The second-order valence-corrected chi connectivity index (χ2v) is 5.50. The van der Waals surface area contributed by atoms with Crippen molar-refractivity contribution in [2.24, 2.45) is 0 Å². The van der Waals surface area contributed by atoms with E-state index in [-0.39, 0.29) is 0 Å². The van der Waals surface area contributed by atoms with Crippen molar-refractivity contribution in [3.8, 4) is 0 Å². The lowest BCUT2D eigenvalue weighted by Gasteiger charge is -2.33. The lowest BCUT2D eigenvalue weighted by atomic mass is 9.92. The van der Waals surface area contributed by atoms with Gasteiger partial charge in [0.05, 0.1) is 6.04 Å². The van der Waals surface area contributed by atoms with Gasteiger partial charge in [-0.25, -0.2) is 0 Å². The number of hydrogen-bond donors (Lipinski definition) is 0. The van der Waals surface area contributed by atoms with Crippen molar-refractivity contribution < 1.29 is 0 Å². The molecule has 1 nitrogen and oxygen atoms in total. The van der Waals surface area contributed by atoms with Gasteiger partial charge in [-0.05, 0) is 57.3 Å². The molecule has 1 heterocycles.